The first-order valence-corrected chi connectivity index (χ1v) is 10.7. The molecule has 0 atom stereocenters. The number of hydrogen-bond acceptors (Lipinski definition) is 8. The third kappa shape index (κ3) is 4.40. The zero-order chi connectivity index (χ0) is 22.7. The Morgan fingerprint density at radius 3 is 2.72 bits per heavy atom. The Bertz CT molecular complexity index is 1360. The number of aryl methyl sites for hydroxylation is 2. The molecule has 9 heteroatoms. The lowest BCUT2D eigenvalue weighted by Gasteiger charge is -2.11. The molecule has 2 heterocycles. The van der Waals surface area contributed by atoms with Crippen LogP contribution in [-0.2, 0) is 5.75 Å². The lowest BCUT2D eigenvalue weighted by atomic mass is 10.1. The number of nitriles is 1. The highest BCUT2D eigenvalue weighted by molar-refractivity contribution is 7.98. The predicted octanol–water partition coefficient (Wildman–Crippen LogP) is 4.13. The van der Waals surface area contributed by atoms with Gasteiger partial charge in [0.15, 0.2) is 11.5 Å². The van der Waals surface area contributed by atoms with Gasteiger partial charge in [-0.1, -0.05) is 30.0 Å². The molecule has 8 nitrogen and oxygen atoms in total. The van der Waals surface area contributed by atoms with Crippen LogP contribution in [0.25, 0.3) is 5.78 Å². The molecule has 0 N–H and O–H groups in total. The van der Waals surface area contributed by atoms with Crippen molar-refractivity contribution >= 4 is 23.5 Å². The van der Waals surface area contributed by atoms with Gasteiger partial charge in [-0.05, 0) is 43.7 Å². The zero-order valence-corrected chi connectivity index (χ0v) is 18.5. The van der Waals surface area contributed by atoms with Gasteiger partial charge in [-0.2, -0.15) is 10.2 Å². The van der Waals surface area contributed by atoms with Crippen molar-refractivity contribution in [2.24, 2.45) is 0 Å². The van der Waals surface area contributed by atoms with Crippen molar-refractivity contribution in [2.45, 2.75) is 24.8 Å². The standard InChI is InChI=1S/C23H19N5O3S/c1-14-10-15(2)28-22(25-14)26-23(27-28)32-13-17-6-4-5-7-18(17)21(29)31-19-9-8-16(12-24)11-20(19)30-3/h4-11H,13H2,1-3H3. The lowest BCUT2D eigenvalue weighted by molar-refractivity contribution is 0.0729. The Morgan fingerprint density at radius 1 is 1.12 bits per heavy atom. The molecule has 4 aromatic rings. The summed E-state index contributed by atoms with van der Waals surface area (Å²) in [7, 11) is 1.46. The van der Waals surface area contributed by atoms with E-state index in [-0.39, 0.29) is 5.75 Å². The molecule has 0 aliphatic carbocycles. The fourth-order valence-electron chi connectivity index (χ4n) is 3.17. The molecule has 0 aliphatic heterocycles. The van der Waals surface area contributed by atoms with Crippen LogP contribution < -0.4 is 9.47 Å². The minimum Gasteiger partial charge on any atom is -0.493 e. The Kier molecular flexibility index (Phi) is 6.05. The van der Waals surface area contributed by atoms with Crippen molar-refractivity contribution in [2.75, 3.05) is 7.11 Å². The monoisotopic (exact) mass is 445 g/mol. The molecule has 0 radical (unpaired) electrons. The van der Waals surface area contributed by atoms with Crippen LogP contribution in [0.4, 0.5) is 0 Å². The fourth-order valence-corrected chi connectivity index (χ4v) is 3.99. The average molecular weight is 446 g/mol. The molecule has 32 heavy (non-hydrogen) atoms. The quantitative estimate of drug-likeness (QED) is 0.248. The van der Waals surface area contributed by atoms with Crippen molar-refractivity contribution in [3.8, 4) is 17.6 Å². The summed E-state index contributed by atoms with van der Waals surface area (Å²) in [6, 6.07) is 15.8. The molecule has 4 rings (SSSR count). The number of carbonyl (C=O) groups is 1. The van der Waals surface area contributed by atoms with Gasteiger partial charge in [-0.25, -0.2) is 14.3 Å². The first kappa shape index (κ1) is 21.3. The maximum atomic E-state index is 12.9. The molecule has 0 fully saturated rings. The second-order valence-corrected chi connectivity index (χ2v) is 7.90. The van der Waals surface area contributed by atoms with Crippen LogP contribution in [0.2, 0.25) is 0 Å². The highest BCUT2D eigenvalue weighted by Crippen LogP contribution is 2.30. The maximum Gasteiger partial charge on any atom is 0.343 e. The van der Waals surface area contributed by atoms with Gasteiger partial charge in [0.2, 0.25) is 5.16 Å². The Labute approximate surface area is 188 Å². The van der Waals surface area contributed by atoms with Crippen molar-refractivity contribution in [3.05, 3.63) is 76.6 Å². The van der Waals surface area contributed by atoms with Crippen LogP contribution in [0.1, 0.15) is 32.9 Å². The third-order valence-electron chi connectivity index (χ3n) is 4.69. The average Bonchev–Trinajstić information content (AvgIpc) is 3.21. The fraction of sp³-hybridized carbons (Fsp3) is 0.174. The molecule has 0 saturated heterocycles. The number of hydrogen-bond donors (Lipinski definition) is 0. The molecular formula is C23H19N5O3S. The van der Waals surface area contributed by atoms with Gasteiger partial charge >= 0.3 is 5.97 Å². The number of rotatable bonds is 6. The second-order valence-electron chi connectivity index (χ2n) is 6.96. The first-order valence-electron chi connectivity index (χ1n) is 9.70. The molecule has 0 saturated carbocycles. The van der Waals surface area contributed by atoms with Crippen LogP contribution >= 0.6 is 11.8 Å². The minimum absolute atomic E-state index is 0.248. The summed E-state index contributed by atoms with van der Waals surface area (Å²) in [6.45, 7) is 3.87. The summed E-state index contributed by atoms with van der Waals surface area (Å²) in [4.78, 5) is 21.8. The van der Waals surface area contributed by atoms with Crippen LogP contribution in [0.5, 0.6) is 11.5 Å². The van der Waals surface area contributed by atoms with E-state index in [0.717, 1.165) is 17.0 Å². The highest BCUT2D eigenvalue weighted by Gasteiger charge is 2.17. The molecule has 0 unspecified atom stereocenters. The van der Waals surface area contributed by atoms with E-state index in [9.17, 15) is 4.79 Å². The van der Waals surface area contributed by atoms with E-state index in [1.54, 1.807) is 28.8 Å². The molecule has 2 aromatic heterocycles. The van der Waals surface area contributed by atoms with E-state index >= 15 is 0 Å². The Morgan fingerprint density at radius 2 is 1.94 bits per heavy atom. The van der Waals surface area contributed by atoms with Gasteiger partial charge in [-0.3, -0.25) is 0 Å². The largest absolute Gasteiger partial charge is 0.493 e. The van der Waals surface area contributed by atoms with Gasteiger partial charge in [0, 0.05) is 23.2 Å². The maximum absolute atomic E-state index is 12.9. The number of thioether (sulfide) groups is 1. The molecule has 0 bridgehead atoms. The van der Waals surface area contributed by atoms with Crippen molar-refractivity contribution in [1.82, 2.24) is 19.6 Å². The number of benzene rings is 2. The van der Waals surface area contributed by atoms with E-state index < -0.39 is 5.97 Å². The first-order chi connectivity index (χ1) is 15.5. The third-order valence-corrected chi connectivity index (χ3v) is 5.57. The second kappa shape index (κ2) is 9.08. The van der Waals surface area contributed by atoms with Crippen molar-refractivity contribution in [3.63, 3.8) is 0 Å². The number of ether oxygens (including phenoxy) is 2. The molecule has 160 valence electrons. The van der Waals surface area contributed by atoms with E-state index in [2.05, 4.69) is 15.1 Å². The summed E-state index contributed by atoms with van der Waals surface area (Å²) in [5.41, 5.74) is 3.46. The zero-order valence-electron chi connectivity index (χ0n) is 17.7. The number of esters is 1. The smallest absolute Gasteiger partial charge is 0.343 e. The number of aromatic nitrogens is 4. The van der Waals surface area contributed by atoms with Crippen LogP contribution in [0.3, 0.4) is 0 Å². The van der Waals surface area contributed by atoms with Crippen LogP contribution in [0, 0.1) is 25.2 Å². The predicted molar refractivity (Wildman–Crippen MR) is 119 cm³/mol. The molecule has 0 amide bonds. The van der Waals surface area contributed by atoms with Gasteiger partial charge in [0.1, 0.15) is 0 Å². The van der Waals surface area contributed by atoms with E-state index in [1.165, 1.54) is 24.9 Å². The van der Waals surface area contributed by atoms with Gasteiger partial charge < -0.3 is 9.47 Å². The summed E-state index contributed by atoms with van der Waals surface area (Å²) < 4.78 is 12.5. The molecule has 2 aromatic carbocycles. The van der Waals surface area contributed by atoms with Crippen LogP contribution in [0.15, 0.2) is 53.7 Å². The normalized spacial score (nSPS) is 10.7. The summed E-state index contributed by atoms with van der Waals surface area (Å²) in [5, 5.41) is 14.1. The lowest BCUT2D eigenvalue weighted by Crippen LogP contribution is -2.11. The Hall–Kier alpha value is -3.90. The van der Waals surface area contributed by atoms with Crippen LogP contribution in [-0.4, -0.2) is 32.7 Å². The topological polar surface area (TPSA) is 102 Å². The SMILES string of the molecule is COc1cc(C#N)ccc1OC(=O)c1ccccc1CSc1nc2nc(C)cc(C)n2n1. The number of nitrogens with zero attached hydrogens (tertiary/aromatic N) is 5. The van der Waals surface area contributed by atoms with Crippen molar-refractivity contribution < 1.29 is 14.3 Å². The number of carbonyl (C=O) groups excluding carboxylic acids is 1. The van der Waals surface area contributed by atoms with Gasteiger partial charge in [0.25, 0.3) is 5.78 Å². The van der Waals surface area contributed by atoms with Gasteiger partial charge in [0.05, 0.1) is 24.3 Å². The number of methoxy groups -OCH3 is 1. The summed E-state index contributed by atoms with van der Waals surface area (Å²) in [6.07, 6.45) is 0. The minimum atomic E-state index is -0.514. The Balaban J connectivity index is 1.54. The molecule has 0 aliphatic rings. The molecular weight excluding hydrogens is 426 g/mol. The summed E-state index contributed by atoms with van der Waals surface area (Å²) in [5.74, 6) is 1.07. The summed E-state index contributed by atoms with van der Waals surface area (Å²) >= 11 is 1.41. The van der Waals surface area contributed by atoms with E-state index in [0.29, 0.717) is 33.6 Å². The van der Waals surface area contributed by atoms with Gasteiger partial charge in [-0.15, -0.1) is 5.10 Å². The highest BCUT2D eigenvalue weighted by atomic mass is 32.2. The number of fused-ring (bicyclic) bond motifs is 1. The van der Waals surface area contributed by atoms with E-state index in [4.69, 9.17) is 14.7 Å². The van der Waals surface area contributed by atoms with E-state index in [1.807, 2.05) is 38.1 Å². The molecule has 0 spiro atoms. The van der Waals surface area contributed by atoms with Crippen molar-refractivity contribution in [1.29, 1.82) is 5.26 Å².